The lowest BCUT2D eigenvalue weighted by molar-refractivity contribution is 0.482. The van der Waals surface area contributed by atoms with Gasteiger partial charge in [0.15, 0.2) is 0 Å². The molecule has 0 aliphatic carbocycles. The largest absolute Gasteiger partial charge is 0.367 e. The Morgan fingerprint density at radius 1 is 1.55 bits per heavy atom. The molecule has 5 heteroatoms. The summed E-state index contributed by atoms with van der Waals surface area (Å²) in [5, 5.41) is 0. The maximum Gasteiger partial charge on any atom is 0.265 e. The molecule has 0 amide bonds. The van der Waals surface area contributed by atoms with Gasteiger partial charge in [-0.05, 0) is 18.1 Å². The molecule has 0 fully saturated rings. The first-order valence-electron chi connectivity index (χ1n) is 3.15. The molecule has 0 saturated heterocycles. The Balaban J connectivity index is 2.48. The first-order valence-corrected chi connectivity index (χ1v) is 4.76. The Labute approximate surface area is 65.0 Å². The summed E-state index contributed by atoms with van der Waals surface area (Å²) in [6, 6.07) is 1.77. The standard InChI is InChI=1S/C6H9NO3S/c8-11(9,10)4-2-6-1-3-7-5-6/h1,3,5,7H,2,4H2,(H,8,9,10). The molecule has 0 aliphatic heterocycles. The van der Waals surface area contributed by atoms with Crippen LogP contribution >= 0.6 is 0 Å². The molecule has 1 heterocycles. The second kappa shape index (κ2) is 3.06. The van der Waals surface area contributed by atoms with E-state index in [-0.39, 0.29) is 5.75 Å². The summed E-state index contributed by atoms with van der Waals surface area (Å²) in [7, 11) is -3.81. The lowest BCUT2D eigenvalue weighted by Gasteiger charge is -1.92. The SMILES string of the molecule is O=S(=O)(O)CCc1cc[nH]c1. The zero-order chi connectivity index (χ0) is 8.32. The van der Waals surface area contributed by atoms with Crippen LogP contribution < -0.4 is 0 Å². The molecule has 0 unspecified atom stereocenters. The maximum atomic E-state index is 10.3. The van der Waals surface area contributed by atoms with Crippen molar-refractivity contribution in [2.75, 3.05) is 5.75 Å². The highest BCUT2D eigenvalue weighted by atomic mass is 32.2. The highest BCUT2D eigenvalue weighted by Gasteiger charge is 2.04. The van der Waals surface area contributed by atoms with E-state index in [1.165, 1.54) is 0 Å². The molecule has 0 radical (unpaired) electrons. The number of aromatic amines is 1. The monoisotopic (exact) mass is 175 g/mol. The third-order valence-corrected chi connectivity index (χ3v) is 2.03. The van der Waals surface area contributed by atoms with Crippen LogP contribution in [0.5, 0.6) is 0 Å². The van der Waals surface area contributed by atoms with Crippen molar-refractivity contribution in [2.24, 2.45) is 0 Å². The Bertz CT molecular complexity index is 301. The number of nitrogens with one attached hydrogen (secondary N) is 1. The number of aromatic nitrogens is 1. The molecule has 0 spiro atoms. The van der Waals surface area contributed by atoms with Gasteiger partial charge in [-0.15, -0.1) is 0 Å². The molecule has 0 aromatic carbocycles. The fourth-order valence-corrected chi connectivity index (χ4v) is 1.25. The summed E-state index contributed by atoms with van der Waals surface area (Å²) < 4.78 is 28.9. The van der Waals surface area contributed by atoms with Crippen LogP contribution in [0.2, 0.25) is 0 Å². The van der Waals surface area contributed by atoms with Gasteiger partial charge in [0.2, 0.25) is 0 Å². The Hall–Kier alpha value is -0.810. The van der Waals surface area contributed by atoms with Crippen molar-refractivity contribution in [3.05, 3.63) is 24.0 Å². The van der Waals surface area contributed by atoms with Gasteiger partial charge < -0.3 is 4.98 Å². The lowest BCUT2D eigenvalue weighted by Crippen LogP contribution is -2.05. The van der Waals surface area contributed by atoms with Crippen LogP contribution in [-0.4, -0.2) is 23.7 Å². The second-order valence-corrected chi connectivity index (χ2v) is 3.83. The maximum absolute atomic E-state index is 10.3. The molecule has 0 saturated carbocycles. The van der Waals surface area contributed by atoms with Crippen molar-refractivity contribution >= 4 is 10.1 Å². The zero-order valence-corrected chi connectivity index (χ0v) is 6.63. The van der Waals surface area contributed by atoms with Crippen molar-refractivity contribution in [1.29, 1.82) is 0 Å². The topological polar surface area (TPSA) is 70.2 Å². The zero-order valence-electron chi connectivity index (χ0n) is 5.82. The van der Waals surface area contributed by atoms with Crippen LogP contribution in [0.25, 0.3) is 0 Å². The molecule has 4 nitrogen and oxygen atoms in total. The molecule has 2 N–H and O–H groups in total. The summed E-state index contributed by atoms with van der Waals surface area (Å²) in [6.45, 7) is 0. The minimum atomic E-state index is -3.81. The van der Waals surface area contributed by atoms with E-state index in [0.29, 0.717) is 6.42 Å². The van der Waals surface area contributed by atoms with Gasteiger partial charge in [0.1, 0.15) is 0 Å². The normalized spacial score (nSPS) is 11.7. The number of hydrogen-bond acceptors (Lipinski definition) is 2. The first kappa shape index (κ1) is 8.29. The molecule has 0 bridgehead atoms. The van der Waals surface area contributed by atoms with Gasteiger partial charge in [-0.2, -0.15) is 8.42 Å². The van der Waals surface area contributed by atoms with E-state index in [9.17, 15) is 8.42 Å². The van der Waals surface area contributed by atoms with E-state index in [4.69, 9.17) is 4.55 Å². The first-order chi connectivity index (χ1) is 5.08. The number of aryl methyl sites for hydroxylation is 1. The highest BCUT2D eigenvalue weighted by molar-refractivity contribution is 7.85. The van der Waals surface area contributed by atoms with Crippen LogP contribution in [0.3, 0.4) is 0 Å². The number of rotatable bonds is 3. The molecule has 1 aromatic rings. The van der Waals surface area contributed by atoms with Gasteiger partial charge >= 0.3 is 0 Å². The molecule has 1 aromatic heterocycles. The van der Waals surface area contributed by atoms with Gasteiger partial charge in [0, 0.05) is 12.4 Å². The van der Waals surface area contributed by atoms with Crippen molar-refractivity contribution in [2.45, 2.75) is 6.42 Å². The van der Waals surface area contributed by atoms with Crippen molar-refractivity contribution in [1.82, 2.24) is 4.98 Å². The fraction of sp³-hybridized carbons (Fsp3) is 0.333. The highest BCUT2D eigenvalue weighted by Crippen LogP contribution is 1.99. The smallest absolute Gasteiger partial charge is 0.265 e. The molecular weight excluding hydrogens is 166 g/mol. The summed E-state index contributed by atoms with van der Waals surface area (Å²) >= 11 is 0. The van der Waals surface area contributed by atoms with Gasteiger partial charge in [-0.3, -0.25) is 4.55 Å². The molecule has 0 aliphatic rings. The van der Waals surface area contributed by atoms with Crippen molar-refractivity contribution in [3.63, 3.8) is 0 Å². The summed E-state index contributed by atoms with van der Waals surface area (Å²) in [5.41, 5.74) is 0.877. The Morgan fingerprint density at radius 2 is 2.27 bits per heavy atom. The predicted octanol–water partition coefficient (Wildman–Crippen LogP) is 0.445. The van der Waals surface area contributed by atoms with Crippen LogP contribution in [0.1, 0.15) is 5.56 Å². The lowest BCUT2D eigenvalue weighted by atomic mass is 10.3. The van der Waals surface area contributed by atoms with Crippen molar-refractivity contribution in [3.8, 4) is 0 Å². The average Bonchev–Trinajstić information content (AvgIpc) is 2.32. The molecule has 1 rings (SSSR count). The van der Waals surface area contributed by atoms with E-state index in [1.54, 1.807) is 18.5 Å². The second-order valence-electron chi connectivity index (χ2n) is 2.26. The average molecular weight is 175 g/mol. The molecule has 0 atom stereocenters. The van der Waals surface area contributed by atoms with Gasteiger partial charge in [0.05, 0.1) is 5.75 Å². The van der Waals surface area contributed by atoms with E-state index in [2.05, 4.69) is 4.98 Å². The van der Waals surface area contributed by atoms with E-state index < -0.39 is 10.1 Å². The van der Waals surface area contributed by atoms with Gasteiger partial charge in [-0.1, -0.05) is 0 Å². The van der Waals surface area contributed by atoms with Crippen LogP contribution in [0.15, 0.2) is 18.5 Å². The van der Waals surface area contributed by atoms with Crippen LogP contribution in [0, 0.1) is 0 Å². The Morgan fingerprint density at radius 3 is 2.73 bits per heavy atom. The molecule has 11 heavy (non-hydrogen) atoms. The van der Waals surface area contributed by atoms with Crippen molar-refractivity contribution < 1.29 is 13.0 Å². The fourth-order valence-electron chi connectivity index (χ4n) is 0.761. The minimum absolute atomic E-state index is 0.217. The number of hydrogen-bond donors (Lipinski definition) is 2. The minimum Gasteiger partial charge on any atom is -0.367 e. The van der Waals surface area contributed by atoms with Gasteiger partial charge in [0.25, 0.3) is 10.1 Å². The van der Waals surface area contributed by atoms with Gasteiger partial charge in [-0.25, -0.2) is 0 Å². The third-order valence-electron chi connectivity index (χ3n) is 1.31. The van der Waals surface area contributed by atoms with Crippen LogP contribution in [-0.2, 0) is 16.5 Å². The van der Waals surface area contributed by atoms with Crippen LogP contribution in [0.4, 0.5) is 0 Å². The number of H-pyrrole nitrogens is 1. The summed E-state index contributed by atoms with van der Waals surface area (Å²) in [6.07, 6.45) is 3.76. The molecular formula is C6H9NO3S. The van der Waals surface area contributed by atoms with E-state index in [0.717, 1.165) is 5.56 Å². The third kappa shape index (κ3) is 3.20. The Kier molecular flexibility index (Phi) is 2.31. The van der Waals surface area contributed by atoms with E-state index >= 15 is 0 Å². The van der Waals surface area contributed by atoms with E-state index in [1.807, 2.05) is 0 Å². The molecule has 62 valence electrons. The summed E-state index contributed by atoms with van der Waals surface area (Å²) in [4.78, 5) is 2.79. The predicted molar refractivity (Wildman–Crippen MR) is 40.9 cm³/mol. The summed E-state index contributed by atoms with van der Waals surface area (Å²) in [5.74, 6) is -0.217. The quantitative estimate of drug-likeness (QED) is 0.655.